The average Bonchev–Trinajstić information content (AvgIpc) is 3.01. The molecular weight excluding hydrogens is 320 g/mol. The molecule has 2 aromatic rings. The van der Waals surface area contributed by atoms with Gasteiger partial charge in [0.25, 0.3) is 5.91 Å². The van der Waals surface area contributed by atoms with Gasteiger partial charge in [0.05, 0.1) is 11.6 Å². The number of piperidine rings is 1. The smallest absolute Gasteiger partial charge is 0.255 e. The van der Waals surface area contributed by atoms with E-state index in [2.05, 4.69) is 31.1 Å². The first kappa shape index (κ1) is 13.3. The number of aromatic nitrogens is 3. The van der Waals surface area contributed by atoms with Crippen LogP contribution in [-0.4, -0.2) is 32.5 Å². The van der Waals surface area contributed by atoms with Gasteiger partial charge in [-0.2, -0.15) is 5.10 Å². The third-order valence-corrected chi connectivity index (χ3v) is 4.31. The van der Waals surface area contributed by atoms with E-state index in [9.17, 15) is 4.79 Å². The Labute approximate surface area is 125 Å². The highest BCUT2D eigenvalue weighted by atomic mass is 79.9. The number of rotatable bonds is 2. The first-order valence-electron chi connectivity index (χ1n) is 6.68. The summed E-state index contributed by atoms with van der Waals surface area (Å²) in [6, 6.07) is 7.51. The molecule has 1 fully saturated rings. The van der Waals surface area contributed by atoms with Crippen LogP contribution in [-0.2, 0) is 0 Å². The number of halogens is 1. The van der Waals surface area contributed by atoms with Crippen molar-refractivity contribution in [2.75, 3.05) is 6.54 Å². The normalized spacial score (nSPS) is 19.1. The Morgan fingerprint density at radius 2 is 2.20 bits per heavy atom. The van der Waals surface area contributed by atoms with Gasteiger partial charge in [0.1, 0.15) is 12.2 Å². The van der Waals surface area contributed by atoms with Crippen LogP contribution in [0.1, 0.15) is 41.5 Å². The highest BCUT2D eigenvalue weighted by Crippen LogP contribution is 2.31. The molecule has 20 heavy (non-hydrogen) atoms. The zero-order valence-electron chi connectivity index (χ0n) is 10.9. The quantitative estimate of drug-likeness (QED) is 0.918. The number of benzene rings is 1. The molecule has 1 unspecified atom stereocenters. The van der Waals surface area contributed by atoms with Crippen molar-refractivity contribution in [1.82, 2.24) is 20.1 Å². The van der Waals surface area contributed by atoms with Gasteiger partial charge in [-0.05, 0) is 47.3 Å². The summed E-state index contributed by atoms with van der Waals surface area (Å²) in [7, 11) is 0. The summed E-state index contributed by atoms with van der Waals surface area (Å²) >= 11 is 3.45. The molecule has 1 aromatic carbocycles. The number of nitrogens with one attached hydrogen (secondary N) is 1. The van der Waals surface area contributed by atoms with Crippen LogP contribution in [0, 0.1) is 0 Å². The number of hydrogen-bond donors (Lipinski definition) is 1. The molecule has 1 saturated heterocycles. The van der Waals surface area contributed by atoms with E-state index >= 15 is 0 Å². The minimum absolute atomic E-state index is 0.00847. The van der Waals surface area contributed by atoms with Crippen molar-refractivity contribution in [2.24, 2.45) is 0 Å². The van der Waals surface area contributed by atoms with E-state index in [4.69, 9.17) is 0 Å². The van der Waals surface area contributed by atoms with Crippen molar-refractivity contribution in [2.45, 2.75) is 25.3 Å². The van der Waals surface area contributed by atoms with Crippen molar-refractivity contribution in [3.8, 4) is 0 Å². The van der Waals surface area contributed by atoms with Crippen LogP contribution >= 0.6 is 15.9 Å². The maximum Gasteiger partial charge on any atom is 0.255 e. The molecule has 1 aliphatic heterocycles. The molecule has 0 radical (unpaired) electrons. The van der Waals surface area contributed by atoms with Crippen molar-refractivity contribution in [3.05, 3.63) is 46.5 Å². The Hall–Kier alpha value is -1.69. The molecule has 2 heterocycles. The number of amides is 1. The predicted octanol–water partition coefficient (Wildman–Crippen LogP) is 2.93. The number of H-pyrrole nitrogens is 1. The molecule has 1 atom stereocenters. The molecule has 1 aromatic heterocycles. The fourth-order valence-corrected chi connectivity index (χ4v) is 3.08. The number of nitrogens with zero attached hydrogens (tertiary/aromatic N) is 3. The van der Waals surface area contributed by atoms with Crippen molar-refractivity contribution in [3.63, 3.8) is 0 Å². The van der Waals surface area contributed by atoms with E-state index in [-0.39, 0.29) is 11.9 Å². The standard InChI is InChI=1S/C14H15BrN4O/c15-11-6-2-1-5-10(11)14(20)19-8-4-3-7-12(19)13-16-9-17-18-13/h1-2,5-6,9,12H,3-4,7-8H2,(H,16,17,18). The second-order valence-corrected chi connectivity index (χ2v) is 5.72. The lowest BCUT2D eigenvalue weighted by Crippen LogP contribution is -2.39. The van der Waals surface area contributed by atoms with Gasteiger partial charge in [0, 0.05) is 11.0 Å². The second-order valence-electron chi connectivity index (χ2n) is 4.86. The average molecular weight is 335 g/mol. The molecule has 1 N–H and O–H groups in total. The maximum atomic E-state index is 12.8. The molecule has 0 saturated carbocycles. The number of likely N-dealkylation sites (tertiary alicyclic amines) is 1. The second kappa shape index (κ2) is 5.75. The Bertz CT molecular complexity index is 599. The Morgan fingerprint density at radius 3 is 2.95 bits per heavy atom. The molecule has 0 aliphatic carbocycles. The topological polar surface area (TPSA) is 61.9 Å². The molecule has 1 aliphatic rings. The van der Waals surface area contributed by atoms with E-state index in [1.807, 2.05) is 29.2 Å². The number of hydrogen-bond acceptors (Lipinski definition) is 3. The zero-order chi connectivity index (χ0) is 13.9. The van der Waals surface area contributed by atoms with Gasteiger partial charge < -0.3 is 4.90 Å². The third kappa shape index (κ3) is 2.47. The van der Waals surface area contributed by atoms with Gasteiger partial charge in [-0.1, -0.05) is 12.1 Å². The Balaban J connectivity index is 1.90. The fraction of sp³-hybridized carbons (Fsp3) is 0.357. The van der Waals surface area contributed by atoms with Gasteiger partial charge in [0.2, 0.25) is 0 Å². The van der Waals surface area contributed by atoms with Crippen LogP contribution in [0.15, 0.2) is 35.1 Å². The summed E-state index contributed by atoms with van der Waals surface area (Å²) in [5.41, 5.74) is 0.693. The largest absolute Gasteiger partial charge is 0.328 e. The summed E-state index contributed by atoms with van der Waals surface area (Å²) in [4.78, 5) is 18.9. The van der Waals surface area contributed by atoms with Gasteiger partial charge >= 0.3 is 0 Å². The van der Waals surface area contributed by atoms with Crippen molar-refractivity contribution < 1.29 is 4.79 Å². The van der Waals surface area contributed by atoms with Crippen molar-refractivity contribution >= 4 is 21.8 Å². The summed E-state index contributed by atoms with van der Waals surface area (Å²) in [5, 5.41) is 6.79. The van der Waals surface area contributed by atoms with Crippen LogP contribution in [0.25, 0.3) is 0 Å². The molecule has 5 nitrogen and oxygen atoms in total. The minimum atomic E-state index is -0.00847. The SMILES string of the molecule is O=C(c1ccccc1Br)N1CCCCC1c1ncn[nH]1. The zero-order valence-corrected chi connectivity index (χ0v) is 12.5. The highest BCUT2D eigenvalue weighted by molar-refractivity contribution is 9.10. The fourth-order valence-electron chi connectivity index (χ4n) is 2.62. The predicted molar refractivity (Wildman–Crippen MR) is 78.2 cm³/mol. The van der Waals surface area contributed by atoms with E-state index in [1.165, 1.54) is 6.33 Å². The maximum absolute atomic E-state index is 12.8. The number of carbonyl (C=O) groups excluding carboxylic acids is 1. The molecule has 6 heteroatoms. The van der Waals surface area contributed by atoms with Crippen LogP contribution < -0.4 is 0 Å². The first-order valence-corrected chi connectivity index (χ1v) is 7.47. The van der Waals surface area contributed by atoms with Crippen molar-refractivity contribution in [1.29, 1.82) is 0 Å². The van der Waals surface area contributed by atoms with Crippen LogP contribution in [0.2, 0.25) is 0 Å². The third-order valence-electron chi connectivity index (χ3n) is 3.62. The van der Waals surface area contributed by atoms with Crippen LogP contribution in [0.5, 0.6) is 0 Å². The first-order chi connectivity index (χ1) is 9.77. The van der Waals surface area contributed by atoms with E-state index in [1.54, 1.807) is 0 Å². The molecule has 0 spiro atoms. The molecule has 3 rings (SSSR count). The molecule has 0 bridgehead atoms. The summed E-state index contributed by atoms with van der Waals surface area (Å²) < 4.78 is 0.826. The number of aromatic amines is 1. The highest BCUT2D eigenvalue weighted by Gasteiger charge is 2.31. The lowest BCUT2D eigenvalue weighted by molar-refractivity contribution is 0.0599. The van der Waals surface area contributed by atoms with Crippen LogP contribution in [0.4, 0.5) is 0 Å². The van der Waals surface area contributed by atoms with Gasteiger partial charge in [0.15, 0.2) is 0 Å². The lowest BCUT2D eigenvalue weighted by atomic mass is 10.00. The van der Waals surface area contributed by atoms with E-state index in [0.29, 0.717) is 5.56 Å². The van der Waals surface area contributed by atoms with Gasteiger partial charge in [-0.15, -0.1) is 0 Å². The minimum Gasteiger partial charge on any atom is -0.328 e. The Kier molecular flexibility index (Phi) is 3.82. The summed E-state index contributed by atoms with van der Waals surface area (Å²) in [6.07, 6.45) is 4.54. The number of carbonyl (C=O) groups is 1. The van der Waals surface area contributed by atoms with E-state index < -0.39 is 0 Å². The van der Waals surface area contributed by atoms with Gasteiger partial charge in [-0.3, -0.25) is 9.89 Å². The Morgan fingerprint density at radius 1 is 1.35 bits per heavy atom. The molecule has 104 valence electrons. The summed E-state index contributed by atoms with van der Waals surface area (Å²) in [5.74, 6) is 0.809. The lowest BCUT2D eigenvalue weighted by Gasteiger charge is -2.34. The van der Waals surface area contributed by atoms with E-state index in [0.717, 1.165) is 36.1 Å². The molecule has 1 amide bonds. The van der Waals surface area contributed by atoms with Crippen LogP contribution in [0.3, 0.4) is 0 Å². The molecular formula is C14H15BrN4O. The van der Waals surface area contributed by atoms with Gasteiger partial charge in [-0.25, -0.2) is 4.98 Å². The monoisotopic (exact) mass is 334 g/mol. The summed E-state index contributed by atoms with van der Waals surface area (Å²) in [6.45, 7) is 0.755.